The van der Waals surface area contributed by atoms with Gasteiger partial charge in [0, 0.05) is 4.70 Å². The zero-order valence-electron chi connectivity index (χ0n) is 13.7. The molecule has 2 aromatic heterocycles. The Morgan fingerprint density at radius 1 is 1.12 bits per heavy atom. The molecule has 0 unspecified atom stereocenters. The van der Waals surface area contributed by atoms with E-state index in [0.717, 1.165) is 26.1 Å². The summed E-state index contributed by atoms with van der Waals surface area (Å²) in [5.74, 6) is -1.14. The highest BCUT2D eigenvalue weighted by atomic mass is 32.1. The zero-order chi connectivity index (χ0) is 17.7. The quantitative estimate of drug-likeness (QED) is 0.526. The highest BCUT2D eigenvalue weighted by Gasteiger charge is 2.19. The molecule has 0 amide bonds. The third-order valence-corrected chi connectivity index (χ3v) is 5.74. The normalized spacial score (nSPS) is 11.3. The van der Waals surface area contributed by atoms with Crippen LogP contribution in [0.1, 0.15) is 21.5 Å². The molecule has 0 fully saturated rings. The molecule has 4 rings (SSSR count). The summed E-state index contributed by atoms with van der Waals surface area (Å²) in [5, 5.41) is 21.2. The van der Waals surface area contributed by atoms with Gasteiger partial charge in [-0.1, -0.05) is 24.3 Å². The van der Waals surface area contributed by atoms with E-state index < -0.39 is 5.97 Å². The maximum absolute atomic E-state index is 11.8. The van der Waals surface area contributed by atoms with Gasteiger partial charge in [-0.05, 0) is 48.6 Å². The highest BCUT2D eigenvalue weighted by molar-refractivity contribution is 7.22. The van der Waals surface area contributed by atoms with Crippen molar-refractivity contribution in [3.8, 4) is 16.3 Å². The smallest absolute Gasteiger partial charge is 0.336 e. The number of phenols is 1. The van der Waals surface area contributed by atoms with Crippen LogP contribution in [0.5, 0.6) is 5.75 Å². The molecule has 5 heteroatoms. The molecule has 0 atom stereocenters. The van der Waals surface area contributed by atoms with Crippen molar-refractivity contribution in [2.45, 2.75) is 13.8 Å². The summed E-state index contributed by atoms with van der Waals surface area (Å²) in [5.41, 5.74) is 3.12. The lowest BCUT2D eigenvalue weighted by Gasteiger charge is -2.10. The van der Waals surface area contributed by atoms with Crippen molar-refractivity contribution in [3.63, 3.8) is 0 Å². The van der Waals surface area contributed by atoms with E-state index in [1.807, 2.05) is 32.0 Å². The lowest BCUT2D eigenvalue weighted by atomic mass is 10.0. The van der Waals surface area contributed by atoms with Crippen molar-refractivity contribution in [1.29, 1.82) is 0 Å². The fourth-order valence-corrected chi connectivity index (χ4v) is 4.33. The molecule has 2 N–H and O–H groups in total. The number of hydrogen-bond acceptors (Lipinski definition) is 4. The molecule has 2 heterocycles. The van der Waals surface area contributed by atoms with Gasteiger partial charge in [0.2, 0.25) is 0 Å². The highest BCUT2D eigenvalue weighted by Crippen LogP contribution is 2.39. The molecule has 124 valence electrons. The Morgan fingerprint density at radius 3 is 2.60 bits per heavy atom. The zero-order valence-corrected chi connectivity index (χ0v) is 14.5. The summed E-state index contributed by atoms with van der Waals surface area (Å²) in [4.78, 5) is 17.4. The average Bonchev–Trinajstić information content (AvgIpc) is 2.94. The lowest BCUT2D eigenvalue weighted by Crippen LogP contribution is -2.01. The molecule has 0 saturated carbocycles. The average molecular weight is 349 g/mol. The molecule has 0 aliphatic heterocycles. The van der Waals surface area contributed by atoms with E-state index in [9.17, 15) is 15.0 Å². The molecule has 0 aliphatic carbocycles. The minimum absolute atomic E-state index is 0.0647. The second kappa shape index (κ2) is 5.57. The largest absolute Gasteiger partial charge is 0.507 e. The third kappa shape index (κ3) is 2.36. The van der Waals surface area contributed by atoms with Gasteiger partial charge in [0.25, 0.3) is 0 Å². The summed E-state index contributed by atoms with van der Waals surface area (Å²) in [6.45, 7) is 3.89. The maximum atomic E-state index is 11.8. The van der Waals surface area contributed by atoms with Crippen molar-refractivity contribution < 1.29 is 15.0 Å². The summed E-state index contributed by atoms with van der Waals surface area (Å²) in [6, 6.07) is 12.9. The number of fused-ring (bicyclic) bond motifs is 2. The predicted octanol–water partition coefficient (Wildman–Crippen LogP) is 5.14. The molecule has 0 saturated heterocycles. The summed E-state index contributed by atoms with van der Waals surface area (Å²) >= 11 is 1.60. The van der Waals surface area contributed by atoms with Gasteiger partial charge < -0.3 is 10.2 Å². The second-order valence-electron chi connectivity index (χ2n) is 6.04. The molecule has 0 spiro atoms. The number of phenolic OH excluding ortho intramolecular Hbond substituents is 1. The van der Waals surface area contributed by atoms with Crippen LogP contribution >= 0.6 is 11.3 Å². The Labute approximate surface area is 148 Å². The predicted molar refractivity (Wildman–Crippen MR) is 101 cm³/mol. The monoisotopic (exact) mass is 349 g/mol. The first kappa shape index (κ1) is 15.6. The topological polar surface area (TPSA) is 70.4 Å². The molecule has 25 heavy (non-hydrogen) atoms. The van der Waals surface area contributed by atoms with Crippen LogP contribution in [0, 0.1) is 13.8 Å². The Hall–Kier alpha value is -2.92. The number of carboxylic acids is 1. The van der Waals surface area contributed by atoms with Crippen molar-refractivity contribution in [2.24, 2.45) is 0 Å². The number of pyridine rings is 1. The van der Waals surface area contributed by atoms with Crippen molar-refractivity contribution in [2.75, 3.05) is 0 Å². The van der Waals surface area contributed by atoms with Crippen molar-refractivity contribution in [1.82, 2.24) is 4.98 Å². The van der Waals surface area contributed by atoms with Crippen molar-refractivity contribution in [3.05, 3.63) is 59.2 Å². The fourth-order valence-electron chi connectivity index (χ4n) is 3.16. The van der Waals surface area contributed by atoms with E-state index in [1.54, 1.807) is 23.5 Å². The Balaban J connectivity index is 2.10. The third-order valence-electron chi connectivity index (χ3n) is 4.45. The summed E-state index contributed by atoms with van der Waals surface area (Å²) in [7, 11) is 0. The molecular formula is C20H15NO3S. The number of nitrogens with zero attached hydrogens (tertiary/aromatic N) is 1. The molecular weight excluding hydrogens is 334 g/mol. The number of carboxylic acid groups (broad SMARTS) is 1. The molecule has 0 aliphatic rings. The number of aromatic hydroxyl groups is 1. The van der Waals surface area contributed by atoms with Crippen LogP contribution in [0.4, 0.5) is 0 Å². The number of aromatic carboxylic acids is 1. The van der Waals surface area contributed by atoms with Crippen LogP contribution < -0.4 is 0 Å². The first-order chi connectivity index (χ1) is 12.0. The summed E-state index contributed by atoms with van der Waals surface area (Å²) in [6.07, 6.45) is 0. The van der Waals surface area contributed by atoms with E-state index in [0.29, 0.717) is 11.2 Å². The van der Waals surface area contributed by atoms with E-state index in [4.69, 9.17) is 4.98 Å². The first-order valence-electron chi connectivity index (χ1n) is 7.82. The van der Waals surface area contributed by atoms with Gasteiger partial charge >= 0.3 is 5.97 Å². The van der Waals surface area contributed by atoms with E-state index in [1.165, 1.54) is 6.07 Å². The molecule has 0 bridgehead atoms. The van der Waals surface area contributed by atoms with Crippen LogP contribution in [-0.2, 0) is 0 Å². The molecule has 4 aromatic rings. The second-order valence-corrected chi connectivity index (χ2v) is 7.09. The number of aromatic nitrogens is 1. The Bertz CT molecular complexity index is 1160. The number of aryl methyl sites for hydroxylation is 2. The SMILES string of the molecule is Cc1c(-c2cc(C(=O)O)c3c(O)ccc(C)c3n2)sc2ccccc12. The first-order valence-corrected chi connectivity index (χ1v) is 8.64. The van der Waals surface area contributed by atoms with E-state index >= 15 is 0 Å². The summed E-state index contributed by atoms with van der Waals surface area (Å²) < 4.78 is 1.14. The molecule has 4 nitrogen and oxygen atoms in total. The van der Waals surface area contributed by atoms with Crippen LogP contribution in [0.2, 0.25) is 0 Å². The number of hydrogen-bond donors (Lipinski definition) is 2. The standard InChI is InChI=1S/C20H15NO3S/c1-10-7-8-15(22)17-13(20(23)24)9-14(21-18(10)17)19-11(2)12-5-3-4-6-16(12)25-19/h3-9,22H,1-2H3,(H,23,24). The van der Waals surface area contributed by atoms with Gasteiger partial charge in [-0.2, -0.15) is 0 Å². The van der Waals surface area contributed by atoms with Crippen LogP contribution in [0.15, 0.2) is 42.5 Å². The van der Waals surface area contributed by atoms with Gasteiger partial charge in [0.05, 0.1) is 27.0 Å². The van der Waals surface area contributed by atoms with Crippen LogP contribution in [0.3, 0.4) is 0 Å². The van der Waals surface area contributed by atoms with Gasteiger partial charge in [-0.15, -0.1) is 11.3 Å². The number of benzene rings is 2. The molecule has 2 aromatic carbocycles. The molecule has 0 radical (unpaired) electrons. The van der Waals surface area contributed by atoms with E-state index in [2.05, 4.69) is 6.07 Å². The van der Waals surface area contributed by atoms with Gasteiger partial charge in [0.15, 0.2) is 0 Å². The minimum atomic E-state index is -1.08. The fraction of sp³-hybridized carbons (Fsp3) is 0.100. The number of rotatable bonds is 2. The van der Waals surface area contributed by atoms with Crippen LogP contribution in [-0.4, -0.2) is 21.2 Å². The number of thiophene rings is 1. The maximum Gasteiger partial charge on any atom is 0.336 e. The van der Waals surface area contributed by atoms with Crippen LogP contribution in [0.25, 0.3) is 31.6 Å². The van der Waals surface area contributed by atoms with Gasteiger partial charge in [0.1, 0.15) is 5.75 Å². The Kier molecular flexibility index (Phi) is 3.47. The van der Waals surface area contributed by atoms with Gasteiger partial charge in [-0.3, -0.25) is 0 Å². The lowest BCUT2D eigenvalue weighted by molar-refractivity contribution is 0.0698. The minimum Gasteiger partial charge on any atom is -0.507 e. The van der Waals surface area contributed by atoms with Crippen molar-refractivity contribution >= 4 is 38.3 Å². The Morgan fingerprint density at radius 2 is 1.88 bits per heavy atom. The van der Waals surface area contributed by atoms with Gasteiger partial charge in [-0.25, -0.2) is 9.78 Å². The van der Waals surface area contributed by atoms with E-state index in [-0.39, 0.29) is 16.7 Å². The number of carbonyl (C=O) groups is 1.